The number of hydrogen-bond acceptors (Lipinski definition) is 6. The third-order valence-electron chi connectivity index (χ3n) is 6.22. The molecule has 0 aliphatic carbocycles. The summed E-state index contributed by atoms with van der Waals surface area (Å²) in [5, 5.41) is 10.9. The maximum Gasteiger partial charge on any atom is 0.325 e. The fraction of sp³-hybridized carbons (Fsp3) is 0.333. The monoisotopic (exact) mass is 451 g/mol. The van der Waals surface area contributed by atoms with E-state index in [0.717, 1.165) is 10.9 Å². The van der Waals surface area contributed by atoms with Crippen LogP contribution < -0.4 is 14.2 Å². The van der Waals surface area contributed by atoms with Crippen LogP contribution in [-0.4, -0.2) is 77.8 Å². The van der Waals surface area contributed by atoms with E-state index in [-0.39, 0.29) is 12.5 Å². The zero-order valence-electron chi connectivity index (χ0n) is 18.2. The number of fused-ring (bicyclic) bond motifs is 2. The van der Waals surface area contributed by atoms with Crippen LogP contribution in [0, 0.1) is 0 Å². The number of piperazine rings is 1. The lowest BCUT2D eigenvalue weighted by Crippen LogP contribution is -2.55. The number of nitrogens with one attached hydrogen (secondary N) is 1. The Kier molecular flexibility index (Phi) is 5.55. The number of rotatable bonds is 5. The number of amides is 1. The van der Waals surface area contributed by atoms with E-state index < -0.39 is 18.1 Å². The summed E-state index contributed by atoms with van der Waals surface area (Å²) < 4.78 is 16.8. The van der Waals surface area contributed by atoms with Gasteiger partial charge in [0.25, 0.3) is 5.91 Å². The molecule has 0 radical (unpaired) electrons. The predicted molar refractivity (Wildman–Crippen MR) is 120 cm³/mol. The second-order valence-electron chi connectivity index (χ2n) is 8.12. The number of methoxy groups -OCH3 is 1. The Bertz CT molecular complexity index is 1180. The molecule has 33 heavy (non-hydrogen) atoms. The fourth-order valence-electron chi connectivity index (χ4n) is 4.51. The van der Waals surface area contributed by atoms with Crippen molar-refractivity contribution in [2.24, 2.45) is 0 Å². The SMILES string of the molecule is COc1ccc2[nH]cc([C@H](C(=O)O)N3CCN(C(=O)[C@@H]4COc5ccccc5O4)CC3)c2c1. The number of para-hydroxylation sites is 2. The van der Waals surface area contributed by atoms with Crippen LogP contribution in [-0.2, 0) is 9.59 Å². The Morgan fingerprint density at radius 2 is 1.88 bits per heavy atom. The van der Waals surface area contributed by atoms with Gasteiger partial charge in [0.15, 0.2) is 11.5 Å². The lowest BCUT2D eigenvalue weighted by atomic mass is 10.0. The molecule has 1 fully saturated rings. The molecular weight excluding hydrogens is 426 g/mol. The maximum absolute atomic E-state index is 13.0. The molecule has 2 aliphatic heterocycles. The summed E-state index contributed by atoms with van der Waals surface area (Å²) in [7, 11) is 1.58. The minimum atomic E-state index is -0.931. The minimum Gasteiger partial charge on any atom is -0.497 e. The number of nitrogens with zero attached hydrogens (tertiary/aromatic N) is 2. The molecule has 3 heterocycles. The number of hydrogen-bond donors (Lipinski definition) is 2. The first-order valence-electron chi connectivity index (χ1n) is 10.8. The van der Waals surface area contributed by atoms with E-state index in [2.05, 4.69) is 4.98 Å². The molecule has 0 unspecified atom stereocenters. The van der Waals surface area contributed by atoms with Crippen molar-refractivity contribution >= 4 is 22.8 Å². The topological polar surface area (TPSA) is 104 Å². The second kappa shape index (κ2) is 8.67. The predicted octanol–water partition coefficient (Wildman–Crippen LogP) is 2.29. The zero-order chi connectivity index (χ0) is 22.9. The average molecular weight is 451 g/mol. The standard InChI is InChI=1S/C24H25N3O6/c1-31-15-6-7-18-16(12-15)17(13-25-18)22(24(29)30)26-8-10-27(11-9-26)23(28)21-14-32-19-4-2-3-5-20(19)33-21/h2-7,12-13,21-22,25H,8-11,14H2,1H3,(H,29,30)/t21-,22+/m0/s1. The van der Waals surface area contributed by atoms with Crippen molar-refractivity contribution in [3.05, 3.63) is 54.2 Å². The van der Waals surface area contributed by atoms with Crippen molar-refractivity contribution < 1.29 is 28.9 Å². The summed E-state index contributed by atoms with van der Waals surface area (Å²) in [6.45, 7) is 1.85. The highest BCUT2D eigenvalue weighted by atomic mass is 16.6. The van der Waals surface area contributed by atoms with Gasteiger partial charge in [0.2, 0.25) is 6.10 Å². The number of benzene rings is 2. The summed E-state index contributed by atoms with van der Waals surface area (Å²) in [5.74, 6) is 0.777. The first kappa shape index (κ1) is 21.1. The molecule has 172 valence electrons. The second-order valence-corrected chi connectivity index (χ2v) is 8.12. The molecule has 2 N–H and O–H groups in total. The van der Waals surface area contributed by atoms with E-state index in [0.29, 0.717) is 49.0 Å². The third-order valence-corrected chi connectivity index (χ3v) is 6.22. The van der Waals surface area contributed by atoms with Crippen LogP contribution in [0.3, 0.4) is 0 Å². The molecule has 1 aromatic heterocycles. The fourth-order valence-corrected chi connectivity index (χ4v) is 4.51. The van der Waals surface area contributed by atoms with Crippen molar-refractivity contribution in [2.45, 2.75) is 12.1 Å². The van der Waals surface area contributed by atoms with Crippen LogP contribution in [0.15, 0.2) is 48.7 Å². The van der Waals surface area contributed by atoms with E-state index in [9.17, 15) is 14.7 Å². The largest absolute Gasteiger partial charge is 0.497 e. The van der Waals surface area contributed by atoms with E-state index in [1.807, 2.05) is 35.2 Å². The van der Waals surface area contributed by atoms with Crippen molar-refractivity contribution in [3.8, 4) is 17.2 Å². The molecule has 0 bridgehead atoms. The number of aromatic amines is 1. The van der Waals surface area contributed by atoms with Crippen LogP contribution in [0.4, 0.5) is 0 Å². The Morgan fingerprint density at radius 3 is 2.61 bits per heavy atom. The zero-order valence-corrected chi connectivity index (χ0v) is 18.2. The molecule has 2 aromatic carbocycles. The number of carbonyl (C=O) groups is 2. The van der Waals surface area contributed by atoms with Crippen molar-refractivity contribution in [1.82, 2.24) is 14.8 Å². The van der Waals surface area contributed by atoms with Gasteiger partial charge in [-0.05, 0) is 30.3 Å². The van der Waals surface area contributed by atoms with E-state index >= 15 is 0 Å². The normalized spacial score (nSPS) is 19.3. The maximum atomic E-state index is 13.0. The number of aliphatic carboxylic acids is 1. The molecule has 9 nitrogen and oxygen atoms in total. The highest BCUT2D eigenvalue weighted by Gasteiger charge is 2.36. The number of H-pyrrole nitrogens is 1. The van der Waals surface area contributed by atoms with Crippen molar-refractivity contribution in [2.75, 3.05) is 39.9 Å². The van der Waals surface area contributed by atoms with Gasteiger partial charge in [0, 0.05) is 48.8 Å². The molecular formula is C24H25N3O6. The lowest BCUT2D eigenvalue weighted by Gasteiger charge is -2.39. The number of carboxylic acid groups (broad SMARTS) is 1. The summed E-state index contributed by atoms with van der Waals surface area (Å²) >= 11 is 0. The summed E-state index contributed by atoms with van der Waals surface area (Å²) in [4.78, 5) is 32.0. The van der Waals surface area contributed by atoms with Crippen LogP contribution >= 0.6 is 0 Å². The Morgan fingerprint density at radius 1 is 1.12 bits per heavy atom. The van der Waals surface area contributed by atoms with Crippen molar-refractivity contribution in [3.63, 3.8) is 0 Å². The van der Waals surface area contributed by atoms with Gasteiger partial charge in [-0.1, -0.05) is 12.1 Å². The van der Waals surface area contributed by atoms with Gasteiger partial charge in [-0.3, -0.25) is 14.5 Å². The Balaban J connectivity index is 1.29. The number of carbonyl (C=O) groups excluding carboxylic acids is 1. The third kappa shape index (κ3) is 3.95. The average Bonchev–Trinajstić information content (AvgIpc) is 3.26. The van der Waals surface area contributed by atoms with Crippen LogP contribution in [0.25, 0.3) is 10.9 Å². The van der Waals surface area contributed by atoms with Crippen LogP contribution in [0.1, 0.15) is 11.6 Å². The smallest absolute Gasteiger partial charge is 0.325 e. The van der Waals surface area contributed by atoms with Crippen LogP contribution in [0.2, 0.25) is 0 Å². The van der Waals surface area contributed by atoms with Crippen LogP contribution in [0.5, 0.6) is 17.2 Å². The number of carboxylic acids is 1. The van der Waals surface area contributed by atoms with Gasteiger partial charge >= 0.3 is 5.97 Å². The van der Waals surface area contributed by atoms with Gasteiger partial charge in [-0.2, -0.15) is 0 Å². The number of aromatic nitrogens is 1. The molecule has 1 amide bonds. The molecule has 0 saturated carbocycles. The Labute approximate surface area is 190 Å². The molecule has 9 heteroatoms. The summed E-state index contributed by atoms with van der Waals surface area (Å²) in [6, 6.07) is 12.0. The van der Waals surface area contributed by atoms with Gasteiger partial charge in [0.05, 0.1) is 7.11 Å². The van der Waals surface area contributed by atoms with Gasteiger partial charge in [-0.15, -0.1) is 0 Å². The van der Waals surface area contributed by atoms with Gasteiger partial charge in [-0.25, -0.2) is 0 Å². The molecule has 2 aliphatic rings. The first-order chi connectivity index (χ1) is 16.0. The lowest BCUT2D eigenvalue weighted by molar-refractivity contribution is -0.147. The first-order valence-corrected chi connectivity index (χ1v) is 10.8. The molecule has 0 spiro atoms. The van der Waals surface area contributed by atoms with E-state index in [4.69, 9.17) is 14.2 Å². The van der Waals surface area contributed by atoms with Gasteiger partial charge in [0.1, 0.15) is 18.4 Å². The Hall–Kier alpha value is -3.72. The molecule has 2 atom stereocenters. The quantitative estimate of drug-likeness (QED) is 0.613. The highest BCUT2D eigenvalue weighted by molar-refractivity contribution is 5.90. The minimum absolute atomic E-state index is 0.146. The molecule has 5 rings (SSSR count). The number of ether oxygens (including phenoxy) is 3. The molecule has 3 aromatic rings. The highest BCUT2D eigenvalue weighted by Crippen LogP contribution is 2.33. The van der Waals surface area contributed by atoms with Crippen molar-refractivity contribution in [1.29, 1.82) is 0 Å². The van der Waals surface area contributed by atoms with E-state index in [1.165, 1.54) is 0 Å². The van der Waals surface area contributed by atoms with Gasteiger partial charge < -0.3 is 29.2 Å². The molecule has 1 saturated heterocycles. The summed E-state index contributed by atoms with van der Waals surface area (Å²) in [6.07, 6.45) is 1.04. The summed E-state index contributed by atoms with van der Waals surface area (Å²) in [5.41, 5.74) is 1.53. The van der Waals surface area contributed by atoms with E-state index in [1.54, 1.807) is 30.3 Å².